The molecule has 1 amide bonds. The van der Waals surface area contributed by atoms with E-state index in [2.05, 4.69) is 10.6 Å². The van der Waals surface area contributed by atoms with Crippen LogP contribution in [0.5, 0.6) is 5.75 Å². The Balaban J connectivity index is 0.00000200. The first-order chi connectivity index (χ1) is 9.20. The van der Waals surface area contributed by atoms with Gasteiger partial charge in [0.15, 0.2) is 0 Å². The van der Waals surface area contributed by atoms with Crippen LogP contribution in [-0.4, -0.2) is 32.7 Å². The second kappa shape index (κ2) is 8.12. The van der Waals surface area contributed by atoms with Gasteiger partial charge in [-0.15, -0.1) is 12.4 Å². The Morgan fingerprint density at radius 3 is 2.95 bits per heavy atom. The quantitative estimate of drug-likeness (QED) is 0.876. The smallest absolute Gasteiger partial charge is 0.251 e. The maximum absolute atomic E-state index is 12.0. The molecule has 1 aromatic rings. The average Bonchev–Trinajstić information content (AvgIpc) is 2.92. The SMILES string of the molecule is COc1cc(C(=O)NCCC2CCNC2)ccc1C.Cl. The van der Waals surface area contributed by atoms with E-state index in [1.54, 1.807) is 13.2 Å². The van der Waals surface area contributed by atoms with Gasteiger partial charge in [-0.05, 0) is 56.5 Å². The normalized spacial score (nSPS) is 17.4. The largest absolute Gasteiger partial charge is 0.496 e. The molecule has 4 nitrogen and oxygen atoms in total. The zero-order valence-electron chi connectivity index (χ0n) is 12.1. The van der Waals surface area contributed by atoms with Crippen LogP contribution in [0.15, 0.2) is 18.2 Å². The van der Waals surface area contributed by atoms with E-state index in [0.717, 1.165) is 37.4 Å². The molecule has 112 valence electrons. The molecule has 1 aliphatic rings. The maximum atomic E-state index is 12.0. The van der Waals surface area contributed by atoms with Crippen molar-refractivity contribution in [2.75, 3.05) is 26.7 Å². The van der Waals surface area contributed by atoms with Gasteiger partial charge in [0.05, 0.1) is 7.11 Å². The molecule has 0 saturated carbocycles. The van der Waals surface area contributed by atoms with Crippen molar-refractivity contribution in [2.24, 2.45) is 5.92 Å². The van der Waals surface area contributed by atoms with Crippen LogP contribution >= 0.6 is 12.4 Å². The first kappa shape index (κ1) is 16.8. The lowest BCUT2D eigenvalue weighted by molar-refractivity contribution is 0.0951. The number of nitrogens with one attached hydrogen (secondary N) is 2. The topological polar surface area (TPSA) is 50.4 Å². The fourth-order valence-corrected chi connectivity index (χ4v) is 2.41. The third-order valence-corrected chi connectivity index (χ3v) is 3.67. The van der Waals surface area contributed by atoms with E-state index in [0.29, 0.717) is 11.5 Å². The van der Waals surface area contributed by atoms with Crippen molar-refractivity contribution in [3.8, 4) is 5.75 Å². The lowest BCUT2D eigenvalue weighted by Gasteiger charge is -2.10. The van der Waals surface area contributed by atoms with Crippen molar-refractivity contribution in [3.63, 3.8) is 0 Å². The van der Waals surface area contributed by atoms with Gasteiger partial charge in [0, 0.05) is 12.1 Å². The summed E-state index contributed by atoms with van der Waals surface area (Å²) >= 11 is 0. The highest BCUT2D eigenvalue weighted by atomic mass is 35.5. The zero-order chi connectivity index (χ0) is 13.7. The summed E-state index contributed by atoms with van der Waals surface area (Å²) in [5, 5.41) is 6.31. The molecule has 1 aliphatic heterocycles. The third-order valence-electron chi connectivity index (χ3n) is 3.67. The minimum Gasteiger partial charge on any atom is -0.496 e. The summed E-state index contributed by atoms with van der Waals surface area (Å²) < 4.78 is 5.23. The van der Waals surface area contributed by atoms with E-state index in [1.807, 2.05) is 19.1 Å². The van der Waals surface area contributed by atoms with Crippen molar-refractivity contribution >= 4 is 18.3 Å². The number of hydrogen-bond donors (Lipinski definition) is 2. The summed E-state index contributed by atoms with van der Waals surface area (Å²) in [5.74, 6) is 1.43. The maximum Gasteiger partial charge on any atom is 0.251 e. The van der Waals surface area contributed by atoms with Gasteiger partial charge in [-0.25, -0.2) is 0 Å². The van der Waals surface area contributed by atoms with Crippen LogP contribution in [0.25, 0.3) is 0 Å². The van der Waals surface area contributed by atoms with Crippen LogP contribution in [0.3, 0.4) is 0 Å². The molecule has 0 aromatic heterocycles. The number of aryl methyl sites for hydroxylation is 1. The van der Waals surface area contributed by atoms with E-state index < -0.39 is 0 Å². The number of hydrogen-bond acceptors (Lipinski definition) is 3. The van der Waals surface area contributed by atoms with Crippen molar-refractivity contribution in [3.05, 3.63) is 29.3 Å². The highest BCUT2D eigenvalue weighted by Gasteiger charge is 2.14. The summed E-state index contributed by atoms with van der Waals surface area (Å²) in [4.78, 5) is 12.0. The van der Waals surface area contributed by atoms with Gasteiger partial charge in [0.25, 0.3) is 5.91 Å². The predicted molar refractivity (Wildman–Crippen MR) is 82.9 cm³/mol. The second-order valence-electron chi connectivity index (χ2n) is 5.09. The van der Waals surface area contributed by atoms with E-state index in [-0.39, 0.29) is 18.3 Å². The molecule has 5 heteroatoms. The monoisotopic (exact) mass is 298 g/mol. The minimum atomic E-state index is -0.0238. The molecule has 1 atom stereocenters. The van der Waals surface area contributed by atoms with Crippen LogP contribution in [0.2, 0.25) is 0 Å². The minimum absolute atomic E-state index is 0. The number of carbonyl (C=O) groups excluding carboxylic acids is 1. The summed E-state index contributed by atoms with van der Waals surface area (Å²) in [6, 6.07) is 5.54. The van der Waals surface area contributed by atoms with Crippen LogP contribution < -0.4 is 15.4 Å². The van der Waals surface area contributed by atoms with Crippen molar-refractivity contribution in [1.82, 2.24) is 10.6 Å². The molecule has 1 fully saturated rings. The number of rotatable bonds is 5. The number of ether oxygens (including phenoxy) is 1. The highest BCUT2D eigenvalue weighted by Crippen LogP contribution is 2.19. The molecule has 0 spiro atoms. The van der Waals surface area contributed by atoms with Gasteiger partial charge in [-0.3, -0.25) is 4.79 Å². The highest BCUT2D eigenvalue weighted by molar-refractivity contribution is 5.94. The molecule has 0 aliphatic carbocycles. The van der Waals surface area contributed by atoms with Gasteiger partial charge in [-0.2, -0.15) is 0 Å². The predicted octanol–water partition coefficient (Wildman–Crippen LogP) is 2.15. The number of carbonyl (C=O) groups is 1. The van der Waals surface area contributed by atoms with Crippen LogP contribution in [-0.2, 0) is 0 Å². The second-order valence-corrected chi connectivity index (χ2v) is 5.09. The molecule has 1 saturated heterocycles. The van der Waals surface area contributed by atoms with Crippen molar-refractivity contribution in [1.29, 1.82) is 0 Å². The van der Waals surface area contributed by atoms with Gasteiger partial charge in [0.2, 0.25) is 0 Å². The summed E-state index contributed by atoms with van der Waals surface area (Å²) in [6.07, 6.45) is 2.26. The fourth-order valence-electron chi connectivity index (χ4n) is 2.41. The Kier molecular flexibility index (Phi) is 6.82. The molecular formula is C15H23ClN2O2. The number of methoxy groups -OCH3 is 1. The van der Waals surface area contributed by atoms with E-state index in [4.69, 9.17) is 4.74 Å². The molecule has 0 bridgehead atoms. The van der Waals surface area contributed by atoms with E-state index >= 15 is 0 Å². The Morgan fingerprint density at radius 1 is 1.50 bits per heavy atom. The van der Waals surface area contributed by atoms with Crippen LogP contribution in [0.1, 0.15) is 28.8 Å². The lowest BCUT2D eigenvalue weighted by atomic mass is 10.1. The average molecular weight is 299 g/mol. The first-order valence-electron chi connectivity index (χ1n) is 6.84. The van der Waals surface area contributed by atoms with Gasteiger partial charge in [0.1, 0.15) is 5.75 Å². The van der Waals surface area contributed by atoms with Crippen molar-refractivity contribution in [2.45, 2.75) is 19.8 Å². The molecule has 1 aromatic carbocycles. The summed E-state index contributed by atoms with van der Waals surface area (Å²) in [6.45, 7) is 4.89. The Morgan fingerprint density at radius 2 is 2.30 bits per heavy atom. The number of halogens is 1. The van der Waals surface area contributed by atoms with Crippen LogP contribution in [0, 0.1) is 12.8 Å². The fraction of sp³-hybridized carbons (Fsp3) is 0.533. The van der Waals surface area contributed by atoms with E-state index in [1.165, 1.54) is 6.42 Å². The Labute approximate surface area is 126 Å². The molecule has 2 N–H and O–H groups in total. The number of benzene rings is 1. The van der Waals surface area contributed by atoms with Gasteiger partial charge >= 0.3 is 0 Å². The summed E-state index contributed by atoms with van der Waals surface area (Å²) in [7, 11) is 1.62. The Hall–Kier alpha value is -1.26. The molecule has 1 unspecified atom stereocenters. The summed E-state index contributed by atoms with van der Waals surface area (Å²) in [5.41, 5.74) is 1.70. The zero-order valence-corrected chi connectivity index (χ0v) is 12.9. The third kappa shape index (κ3) is 4.39. The standard InChI is InChI=1S/C15H22N2O2.ClH/c1-11-3-4-13(9-14(11)19-2)15(18)17-8-6-12-5-7-16-10-12;/h3-4,9,12,16H,5-8,10H2,1-2H3,(H,17,18);1H. The molecule has 1 heterocycles. The lowest BCUT2D eigenvalue weighted by Crippen LogP contribution is -2.26. The van der Waals surface area contributed by atoms with Crippen molar-refractivity contribution < 1.29 is 9.53 Å². The van der Waals surface area contributed by atoms with Gasteiger partial charge < -0.3 is 15.4 Å². The molecular weight excluding hydrogens is 276 g/mol. The van der Waals surface area contributed by atoms with Crippen LogP contribution in [0.4, 0.5) is 0 Å². The first-order valence-corrected chi connectivity index (χ1v) is 6.84. The van der Waals surface area contributed by atoms with E-state index in [9.17, 15) is 4.79 Å². The molecule has 2 rings (SSSR count). The molecule has 20 heavy (non-hydrogen) atoms. The Bertz CT molecular complexity index is 445. The molecule has 0 radical (unpaired) electrons. The van der Waals surface area contributed by atoms with Gasteiger partial charge in [-0.1, -0.05) is 6.07 Å². The number of amides is 1.